The average Bonchev–Trinajstić information content (AvgIpc) is 3.46. The van der Waals surface area contributed by atoms with E-state index in [0.717, 1.165) is 35.0 Å². The SMILES string of the molecule is CCNC(=O)OC[C@H](c1ccc(Cl)c(-n2ncnc2C(F)F)c1)N1C(=N)N[C@](CC(C)(C)C)(c2ccc(-c3cnn(C4CC4)c3)cc2)C1=O. The summed E-state index contributed by atoms with van der Waals surface area (Å²) in [5.74, 6) is -1.26. The van der Waals surface area contributed by atoms with E-state index in [-0.39, 0.29) is 28.7 Å². The number of amides is 2. The van der Waals surface area contributed by atoms with Gasteiger partial charge in [-0.15, -0.1) is 0 Å². The molecule has 0 radical (unpaired) electrons. The molecule has 2 amide bonds. The van der Waals surface area contributed by atoms with E-state index >= 15 is 0 Å². The van der Waals surface area contributed by atoms with Gasteiger partial charge in [-0.05, 0) is 60.4 Å². The number of rotatable bonds is 11. The van der Waals surface area contributed by atoms with Crippen molar-refractivity contribution in [2.24, 2.45) is 5.41 Å². The normalized spacial score (nSPS) is 18.6. The van der Waals surface area contributed by atoms with E-state index in [9.17, 15) is 18.4 Å². The maximum absolute atomic E-state index is 14.9. The highest BCUT2D eigenvalue weighted by molar-refractivity contribution is 6.32. The summed E-state index contributed by atoms with van der Waals surface area (Å²) in [4.78, 5) is 32.3. The molecule has 0 unspecified atom stereocenters. The Hall–Kier alpha value is -4.85. The van der Waals surface area contributed by atoms with Crippen molar-refractivity contribution >= 4 is 29.6 Å². The van der Waals surface area contributed by atoms with Crippen LogP contribution >= 0.6 is 11.6 Å². The molecular formula is C34H38ClF2N9O3. The first-order chi connectivity index (χ1) is 23.3. The lowest BCUT2D eigenvalue weighted by Gasteiger charge is -2.35. The lowest BCUT2D eigenvalue weighted by atomic mass is 9.75. The molecule has 3 heterocycles. The number of benzene rings is 2. The average molecular weight is 694 g/mol. The number of aromatic nitrogens is 5. The maximum atomic E-state index is 14.9. The molecule has 2 aromatic carbocycles. The van der Waals surface area contributed by atoms with Crippen molar-refractivity contribution in [3.63, 3.8) is 0 Å². The fourth-order valence-corrected chi connectivity index (χ4v) is 6.46. The van der Waals surface area contributed by atoms with Crippen LogP contribution in [-0.2, 0) is 15.1 Å². The first kappa shape index (κ1) is 34.0. The summed E-state index contributed by atoms with van der Waals surface area (Å²) >= 11 is 6.46. The van der Waals surface area contributed by atoms with E-state index in [1.54, 1.807) is 13.0 Å². The van der Waals surface area contributed by atoms with Crippen molar-refractivity contribution < 1.29 is 23.1 Å². The summed E-state index contributed by atoms with van der Waals surface area (Å²) in [6.45, 7) is 7.72. The van der Waals surface area contributed by atoms with Gasteiger partial charge in [-0.1, -0.05) is 62.7 Å². The lowest BCUT2D eigenvalue weighted by molar-refractivity contribution is -0.134. The number of guanidine groups is 1. The monoisotopic (exact) mass is 693 g/mol. The van der Waals surface area contributed by atoms with Crippen molar-refractivity contribution in [1.82, 2.24) is 40.1 Å². The molecule has 15 heteroatoms. The minimum atomic E-state index is -2.93. The molecule has 1 aliphatic carbocycles. The molecule has 6 rings (SSSR count). The van der Waals surface area contributed by atoms with E-state index < -0.39 is 35.8 Å². The molecule has 1 saturated carbocycles. The van der Waals surface area contributed by atoms with E-state index in [1.807, 2.05) is 62.1 Å². The predicted octanol–water partition coefficient (Wildman–Crippen LogP) is 6.54. The summed E-state index contributed by atoms with van der Waals surface area (Å²) < 4.78 is 36.0. The number of carbonyl (C=O) groups excluding carboxylic acids is 2. The zero-order valence-corrected chi connectivity index (χ0v) is 28.3. The molecule has 0 spiro atoms. The van der Waals surface area contributed by atoms with Crippen molar-refractivity contribution in [3.05, 3.63) is 83.2 Å². The highest BCUT2D eigenvalue weighted by atomic mass is 35.5. The van der Waals surface area contributed by atoms with Gasteiger partial charge >= 0.3 is 6.09 Å². The Bertz CT molecular complexity index is 1870. The Morgan fingerprint density at radius 3 is 2.55 bits per heavy atom. The summed E-state index contributed by atoms with van der Waals surface area (Å²) in [5.41, 5.74) is 1.30. The van der Waals surface area contributed by atoms with E-state index in [0.29, 0.717) is 30.1 Å². The highest BCUT2D eigenvalue weighted by Gasteiger charge is 2.54. The summed E-state index contributed by atoms with van der Waals surface area (Å²) in [5, 5.41) is 23.4. The number of nitrogens with one attached hydrogen (secondary N) is 3. The van der Waals surface area contributed by atoms with E-state index in [1.165, 1.54) is 17.0 Å². The molecule has 12 nitrogen and oxygen atoms in total. The first-order valence-corrected chi connectivity index (χ1v) is 16.4. The maximum Gasteiger partial charge on any atom is 0.407 e. The van der Waals surface area contributed by atoms with Crippen LogP contribution in [0.15, 0.2) is 61.2 Å². The Kier molecular flexibility index (Phi) is 9.18. The van der Waals surface area contributed by atoms with Crippen LogP contribution in [0.25, 0.3) is 16.8 Å². The van der Waals surface area contributed by atoms with Gasteiger partial charge in [0.2, 0.25) is 0 Å². The van der Waals surface area contributed by atoms with Gasteiger partial charge in [0.05, 0.1) is 29.0 Å². The number of carbonyl (C=O) groups is 2. The van der Waals surface area contributed by atoms with Crippen LogP contribution in [-0.4, -0.2) is 60.6 Å². The fourth-order valence-electron chi connectivity index (χ4n) is 6.26. The molecule has 49 heavy (non-hydrogen) atoms. The van der Waals surface area contributed by atoms with E-state index in [4.69, 9.17) is 21.7 Å². The molecule has 1 aliphatic heterocycles. The van der Waals surface area contributed by atoms with Gasteiger partial charge in [-0.2, -0.15) is 10.2 Å². The van der Waals surface area contributed by atoms with Crippen LogP contribution in [0.3, 0.4) is 0 Å². The van der Waals surface area contributed by atoms with Gasteiger partial charge in [0.25, 0.3) is 12.3 Å². The second kappa shape index (κ2) is 13.2. The van der Waals surface area contributed by atoms with Gasteiger partial charge in [-0.25, -0.2) is 23.2 Å². The van der Waals surface area contributed by atoms with Crippen LogP contribution in [0.5, 0.6) is 0 Å². The van der Waals surface area contributed by atoms with Gasteiger partial charge in [-0.3, -0.25) is 19.8 Å². The largest absolute Gasteiger partial charge is 0.447 e. The van der Waals surface area contributed by atoms with Gasteiger partial charge in [0.15, 0.2) is 11.8 Å². The molecule has 2 fully saturated rings. The second-order valence-electron chi connectivity index (χ2n) is 13.5. The van der Waals surface area contributed by atoms with Crippen LogP contribution in [0.4, 0.5) is 13.6 Å². The number of alkyl carbamates (subject to hydrolysis) is 1. The molecule has 2 aliphatic rings. The molecule has 1 saturated heterocycles. The van der Waals surface area contributed by atoms with Crippen LogP contribution < -0.4 is 10.6 Å². The van der Waals surface area contributed by atoms with Crippen molar-refractivity contribution in [1.29, 1.82) is 5.41 Å². The number of alkyl halides is 2. The molecule has 3 N–H and O–H groups in total. The second-order valence-corrected chi connectivity index (χ2v) is 13.9. The summed E-state index contributed by atoms with van der Waals surface area (Å²) in [7, 11) is 0. The molecule has 258 valence electrons. The first-order valence-electron chi connectivity index (χ1n) is 16.1. The molecule has 4 aromatic rings. The minimum absolute atomic E-state index is 0.0858. The quantitative estimate of drug-likeness (QED) is 0.162. The number of hydrogen-bond acceptors (Lipinski definition) is 7. The van der Waals surface area contributed by atoms with Gasteiger partial charge < -0.3 is 15.4 Å². The summed E-state index contributed by atoms with van der Waals surface area (Å²) in [6, 6.07) is 11.6. The number of halogens is 3. The topological polar surface area (TPSA) is 143 Å². The predicted molar refractivity (Wildman–Crippen MR) is 178 cm³/mol. The van der Waals surface area contributed by atoms with Crippen LogP contribution in [0.1, 0.15) is 82.4 Å². The van der Waals surface area contributed by atoms with Gasteiger partial charge in [0, 0.05) is 18.3 Å². The Morgan fingerprint density at radius 1 is 1.16 bits per heavy atom. The third-order valence-corrected chi connectivity index (χ3v) is 8.86. The molecule has 0 bridgehead atoms. The Balaban J connectivity index is 1.40. The standard InChI is InChI=1S/C34H38ClF2N9O3/c1-5-39-32(48)49-17-27(21-8-13-25(35)26(14-21)46-29(28(36)37)40-19-42-46)45-30(47)34(43-31(45)38,18-33(2,3)4)23-9-6-20(7-10-23)22-15-41-44(16-22)24-11-12-24/h6-10,13-16,19,24,27-28H,5,11-12,17-18H2,1-4H3,(H2,38,43)(H,39,48)/t27-,34-/m1/s1. The zero-order chi connectivity index (χ0) is 35.1. The Morgan fingerprint density at radius 2 is 1.90 bits per heavy atom. The third-order valence-electron chi connectivity index (χ3n) is 8.54. The lowest BCUT2D eigenvalue weighted by Crippen LogP contribution is -2.47. The third kappa shape index (κ3) is 6.87. The van der Waals surface area contributed by atoms with E-state index in [2.05, 4.69) is 25.8 Å². The number of ether oxygens (including phenoxy) is 1. The number of nitrogens with zero attached hydrogens (tertiary/aromatic N) is 6. The number of hydrogen-bond donors (Lipinski definition) is 3. The van der Waals surface area contributed by atoms with Crippen molar-refractivity contribution in [2.75, 3.05) is 13.2 Å². The van der Waals surface area contributed by atoms with Crippen molar-refractivity contribution in [3.8, 4) is 16.8 Å². The summed E-state index contributed by atoms with van der Waals surface area (Å²) in [6.07, 6.45) is 3.76. The van der Waals surface area contributed by atoms with Crippen molar-refractivity contribution in [2.45, 2.75) is 71.0 Å². The smallest absolute Gasteiger partial charge is 0.407 e. The molecular weight excluding hydrogens is 656 g/mol. The van der Waals surface area contributed by atoms with Crippen LogP contribution in [0.2, 0.25) is 5.02 Å². The molecule has 2 atom stereocenters. The Labute approximate surface area is 287 Å². The van der Waals surface area contributed by atoms with Gasteiger partial charge in [0.1, 0.15) is 18.5 Å². The molecule has 2 aromatic heterocycles. The fraction of sp³-hybridized carbons (Fsp3) is 0.412. The van der Waals surface area contributed by atoms with Crippen LogP contribution in [0, 0.1) is 10.8 Å². The highest BCUT2D eigenvalue weighted by Crippen LogP contribution is 2.43. The minimum Gasteiger partial charge on any atom is -0.447 e. The zero-order valence-electron chi connectivity index (χ0n) is 27.6.